The lowest BCUT2D eigenvalue weighted by Crippen LogP contribution is -2.38. The van der Waals surface area contributed by atoms with E-state index in [1.807, 2.05) is 18.2 Å². The predicted molar refractivity (Wildman–Crippen MR) is 129 cm³/mol. The normalized spacial score (nSPS) is 14.4. The van der Waals surface area contributed by atoms with Gasteiger partial charge >= 0.3 is 5.97 Å². The summed E-state index contributed by atoms with van der Waals surface area (Å²) in [6.45, 7) is 0.633. The van der Waals surface area contributed by atoms with Gasteiger partial charge in [0.25, 0.3) is 17.7 Å². The number of imide groups is 1. The summed E-state index contributed by atoms with van der Waals surface area (Å²) in [6.07, 6.45) is 0.754. The minimum atomic E-state index is -0.721. The van der Waals surface area contributed by atoms with Gasteiger partial charge in [-0.05, 0) is 47.4 Å². The van der Waals surface area contributed by atoms with Gasteiger partial charge in [0.1, 0.15) is 11.3 Å². The smallest absolute Gasteiger partial charge is 0.342 e. The van der Waals surface area contributed by atoms with Crippen molar-refractivity contribution in [1.29, 1.82) is 0 Å². The van der Waals surface area contributed by atoms with Gasteiger partial charge in [-0.1, -0.05) is 42.5 Å². The standard InChI is InChI=1S/C28H24N2O6/c1-35-24-11-10-18(15-30-26(32)21-8-4-5-9-22(21)27(30)33)14-23(24)28(34)36-17-25(31)29-13-12-19-6-2-3-7-20(19)16-29/h2-11,14H,12-13,15-17H2,1H3. The Morgan fingerprint density at radius 2 is 1.56 bits per heavy atom. The first-order chi connectivity index (χ1) is 17.5. The molecule has 8 heteroatoms. The molecular weight excluding hydrogens is 460 g/mol. The molecule has 0 bridgehead atoms. The zero-order valence-electron chi connectivity index (χ0n) is 19.7. The van der Waals surface area contributed by atoms with E-state index >= 15 is 0 Å². The molecule has 182 valence electrons. The van der Waals surface area contributed by atoms with Crippen LogP contribution in [0.2, 0.25) is 0 Å². The fourth-order valence-corrected chi connectivity index (χ4v) is 4.58. The molecule has 2 aliphatic heterocycles. The van der Waals surface area contributed by atoms with E-state index in [0.29, 0.717) is 29.8 Å². The van der Waals surface area contributed by atoms with Gasteiger partial charge in [-0.15, -0.1) is 0 Å². The number of carbonyl (C=O) groups excluding carboxylic acids is 4. The summed E-state index contributed by atoms with van der Waals surface area (Å²) in [5, 5.41) is 0. The fourth-order valence-electron chi connectivity index (χ4n) is 4.58. The molecule has 8 nitrogen and oxygen atoms in total. The van der Waals surface area contributed by atoms with Crippen molar-refractivity contribution in [1.82, 2.24) is 9.80 Å². The van der Waals surface area contributed by atoms with Crippen LogP contribution in [0, 0.1) is 0 Å². The second kappa shape index (κ2) is 9.65. The number of hydrogen-bond acceptors (Lipinski definition) is 6. The lowest BCUT2D eigenvalue weighted by molar-refractivity contribution is -0.135. The summed E-state index contributed by atoms with van der Waals surface area (Å²) < 4.78 is 10.6. The molecular formula is C28H24N2O6. The van der Waals surface area contributed by atoms with E-state index in [0.717, 1.165) is 16.9 Å². The molecule has 0 N–H and O–H groups in total. The molecule has 2 aliphatic rings. The summed E-state index contributed by atoms with van der Waals surface area (Å²) in [5.41, 5.74) is 3.69. The molecule has 3 aromatic rings. The number of amides is 3. The van der Waals surface area contributed by atoms with Crippen molar-refractivity contribution in [3.05, 3.63) is 100 Å². The Bertz CT molecular complexity index is 1350. The number of benzene rings is 3. The Hall–Kier alpha value is -4.46. The molecule has 0 radical (unpaired) electrons. The highest BCUT2D eigenvalue weighted by atomic mass is 16.5. The van der Waals surface area contributed by atoms with Crippen LogP contribution in [0.1, 0.15) is 47.8 Å². The molecule has 0 spiro atoms. The van der Waals surface area contributed by atoms with Gasteiger partial charge in [0.05, 0.1) is 24.8 Å². The van der Waals surface area contributed by atoms with Crippen molar-refractivity contribution >= 4 is 23.7 Å². The minimum Gasteiger partial charge on any atom is -0.496 e. The fraction of sp³-hybridized carbons (Fsp3) is 0.214. The third kappa shape index (κ3) is 4.33. The zero-order chi connectivity index (χ0) is 25.2. The number of nitrogens with zero attached hydrogens (tertiary/aromatic N) is 2. The quantitative estimate of drug-likeness (QED) is 0.394. The van der Waals surface area contributed by atoms with Crippen molar-refractivity contribution in [2.24, 2.45) is 0 Å². The first-order valence-corrected chi connectivity index (χ1v) is 11.6. The molecule has 0 saturated carbocycles. The van der Waals surface area contributed by atoms with Crippen molar-refractivity contribution < 1.29 is 28.7 Å². The topological polar surface area (TPSA) is 93.2 Å². The summed E-state index contributed by atoms with van der Waals surface area (Å²) in [4.78, 5) is 53.8. The van der Waals surface area contributed by atoms with E-state index in [1.54, 1.807) is 41.3 Å². The van der Waals surface area contributed by atoms with E-state index in [2.05, 4.69) is 6.07 Å². The highest BCUT2D eigenvalue weighted by Gasteiger charge is 2.35. The van der Waals surface area contributed by atoms with Crippen molar-refractivity contribution in [3.63, 3.8) is 0 Å². The van der Waals surface area contributed by atoms with Crippen LogP contribution in [-0.2, 0) is 29.0 Å². The van der Waals surface area contributed by atoms with Gasteiger partial charge in [0.2, 0.25) is 0 Å². The highest BCUT2D eigenvalue weighted by Crippen LogP contribution is 2.27. The van der Waals surface area contributed by atoms with E-state index in [9.17, 15) is 19.2 Å². The van der Waals surface area contributed by atoms with Crippen LogP contribution in [0.25, 0.3) is 0 Å². The molecule has 2 heterocycles. The number of hydrogen-bond donors (Lipinski definition) is 0. The molecule has 0 fully saturated rings. The van der Waals surface area contributed by atoms with Gasteiger partial charge < -0.3 is 14.4 Å². The Balaban J connectivity index is 1.26. The van der Waals surface area contributed by atoms with E-state index in [1.165, 1.54) is 18.7 Å². The van der Waals surface area contributed by atoms with Gasteiger partial charge in [0.15, 0.2) is 6.61 Å². The second-order valence-corrected chi connectivity index (χ2v) is 8.69. The molecule has 0 aliphatic carbocycles. The summed E-state index contributed by atoms with van der Waals surface area (Å²) >= 11 is 0. The minimum absolute atomic E-state index is 0.0112. The number of fused-ring (bicyclic) bond motifs is 2. The van der Waals surface area contributed by atoms with Gasteiger partial charge in [0, 0.05) is 13.1 Å². The Morgan fingerprint density at radius 3 is 2.25 bits per heavy atom. The average Bonchev–Trinajstić information content (AvgIpc) is 3.16. The van der Waals surface area contributed by atoms with Crippen LogP contribution in [0.3, 0.4) is 0 Å². The maximum Gasteiger partial charge on any atom is 0.342 e. The van der Waals surface area contributed by atoms with Gasteiger partial charge in [-0.3, -0.25) is 19.3 Å². The monoisotopic (exact) mass is 484 g/mol. The van der Waals surface area contributed by atoms with Crippen LogP contribution >= 0.6 is 0 Å². The molecule has 36 heavy (non-hydrogen) atoms. The maximum absolute atomic E-state index is 12.9. The summed E-state index contributed by atoms with van der Waals surface area (Å²) in [6, 6.07) is 19.4. The third-order valence-electron chi connectivity index (χ3n) is 6.51. The molecule has 3 amide bonds. The largest absolute Gasteiger partial charge is 0.496 e. The van der Waals surface area contributed by atoms with Gasteiger partial charge in [-0.25, -0.2) is 4.79 Å². The van der Waals surface area contributed by atoms with Crippen LogP contribution in [0.4, 0.5) is 0 Å². The maximum atomic E-state index is 12.9. The van der Waals surface area contributed by atoms with E-state index < -0.39 is 12.6 Å². The molecule has 0 unspecified atom stereocenters. The van der Waals surface area contributed by atoms with E-state index in [4.69, 9.17) is 9.47 Å². The first kappa shape index (κ1) is 23.3. The number of methoxy groups -OCH3 is 1. The average molecular weight is 485 g/mol. The molecule has 0 atom stereocenters. The lowest BCUT2D eigenvalue weighted by atomic mass is 10.00. The Kier molecular flexibility index (Phi) is 6.25. The molecule has 0 aromatic heterocycles. The van der Waals surface area contributed by atoms with Crippen LogP contribution in [-0.4, -0.2) is 53.8 Å². The van der Waals surface area contributed by atoms with Crippen molar-refractivity contribution in [2.75, 3.05) is 20.3 Å². The van der Waals surface area contributed by atoms with Crippen molar-refractivity contribution in [3.8, 4) is 5.75 Å². The zero-order valence-corrected chi connectivity index (χ0v) is 19.7. The van der Waals surface area contributed by atoms with Gasteiger partial charge in [-0.2, -0.15) is 0 Å². The predicted octanol–water partition coefficient (Wildman–Crippen LogP) is 3.23. The number of ether oxygens (including phenoxy) is 2. The summed E-state index contributed by atoms with van der Waals surface area (Å²) in [5.74, 6) is -1.50. The highest BCUT2D eigenvalue weighted by molar-refractivity contribution is 6.21. The first-order valence-electron chi connectivity index (χ1n) is 11.6. The third-order valence-corrected chi connectivity index (χ3v) is 6.51. The lowest BCUT2D eigenvalue weighted by Gasteiger charge is -2.28. The van der Waals surface area contributed by atoms with Crippen LogP contribution < -0.4 is 4.74 Å². The van der Waals surface area contributed by atoms with Crippen LogP contribution in [0.15, 0.2) is 66.7 Å². The number of rotatable bonds is 6. The SMILES string of the molecule is COc1ccc(CN2C(=O)c3ccccc3C2=O)cc1C(=O)OCC(=O)N1CCc2ccccc2C1. The summed E-state index contributed by atoms with van der Waals surface area (Å²) in [7, 11) is 1.42. The number of esters is 1. The number of carbonyl (C=O) groups is 4. The molecule has 0 saturated heterocycles. The Labute approximate surface area is 208 Å². The Morgan fingerprint density at radius 1 is 0.889 bits per heavy atom. The van der Waals surface area contributed by atoms with Crippen LogP contribution in [0.5, 0.6) is 5.75 Å². The van der Waals surface area contributed by atoms with E-state index in [-0.39, 0.29) is 35.6 Å². The molecule has 5 rings (SSSR count). The van der Waals surface area contributed by atoms with Crippen molar-refractivity contribution in [2.45, 2.75) is 19.5 Å². The second-order valence-electron chi connectivity index (χ2n) is 8.69. The molecule has 3 aromatic carbocycles.